The Morgan fingerprint density at radius 3 is 2.64 bits per heavy atom. The summed E-state index contributed by atoms with van der Waals surface area (Å²) in [7, 11) is -3.69. The molecule has 8 nitrogen and oxygen atoms in total. The Kier molecular flexibility index (Phi) is 5.64. The Hall–Kier alpha value is -2.56. The number of amides is 1. The number of benzene rings is 1. The molecule has 0 unspecified atom stereocenters. The number of carbonyl (C=O) groups excluding carboxylic acids is 1. The molecule has 28 heavy (non-hydrogen) atoms. The molecule has 2 aromatic heterocycles. The summed E-state index contributed by atoms with van der Waals surface area (Å²) < 4.78 is 27.8. The Morgan fingerprint density at radius 2 is 1.96 bits per heavy atom. The van der Waals surface area contributed by atoms with Gasteiger partial charge in [0, 0.05) is 18.7 Å². The van der Waals surface area contributed by atoms with Gasteiger partial charge in [-0.25, -0.2) is 18.1 Å². The molecule has 148 valence electrons. The van der Waals surface area contributed by atoms with Crippen molar-refractivity contribution in [1.82, 2.24) is 14.0 Å². The monoisotopic (exact) mass is 420 g/mol. The maximum absolute atomic E-state index is 12.7. The normalized spacial score (nSPS) is 11.9. The predicted octanol–water partition coefficient (Wildman–Crippen LogP) is 2.18. The summed E-state index contributed by atoms with van der Waals surface area (Å²) in [4.78, 5) is 30.2. The number of aryl methyl sites for hydroxylation is 1. The fraction of sp³-hybridized carbons (Fsp3) is 0.278. The van der Waals surface area contributed by atoms with Crippen molar-refractivity contribution in [3.8, 4) is 0 Å². The summed E-state index contributed by atoms with van der Waals surface area (Å²) >= 11 is 1.34. The minimum Gasteiger partial charge on any atom is -0.267 e. The van der Waals surface area contributed by atoms with Gasteiger partial charge in [-0.3, -0.25) is 15.0 Å². The number of carbonyl (C=O) groups is 1. The molecule has 0 radical (unpaired) electrons. The molecule has 3 rings (SSSR count). The Bertz CT molecular complexity index is 1190. The number of rotatable bonds is 6. The van der Waals surface area contributed by atoms with E-state index in [2.05, 4.69) is 10.4 Å². The zero-order valence-electron chi connectivity index (χ0n) is 15.7. The minimum absolute atomic E-state index is 0.0272. The van der Waals surface area contributed by atoms with Crippen molar-refractivity contribution in [3.63, 3.8) is 0 Å². The number of aromatic nitrogens is 2. The maximum atomic E-state index is 12.7. The standard InChI is InChI=1S/C18H20N4O4S2/c1-4-21(5-2)28(25,26)14-8-6-7-13(11-14)16(23)20-22-12(3)19-17-15(18(22)24)9-10-27-17/h6-11H,4-5H2,1-3H3,(H,20,23). The lowest BCUT2D eigenvalue weighted by Gasteiger charge is -2.18. The molecule has 0 saturated carbocycles. The first-order chi connectivity index (χ1) is 13.3. The van der Waals surface area contributed by atoms with E-state index in [1.54, 1.807) is 32.2 Å². The van der Waals surface area contributed by atoms with Crippen molar-refractivity contribution >= 4 is 37.5 Å². The first-order valence-electron chi connectivity index (χ1n) is 8.68. The van der Waals surface area contributed by atoms with Crippen LogP contribution in [-0.2, 0) is 10.0 Å². The van der Waals surface area contributed by atoms with Crippen LogP contribution in [0.3, 0.4) is 0 Å². The molecule has 0 spiro atoms. The number of hydrogen-bond donors (Lipinski definition) is 1. The maximum Gasteiger partial charge on any atom is 0.281 e. The smallest absolute Gasteiger partial charge is 0.267 e. The summed E-state index contributed by atoms with van der Waals surface area (Å²) in [6.45, 7) is 5.77. The van der Waals surface area contributed by atoms with Crippen molar-refractivity contribution < 1.29 is 13.2 Å². The lowest BCUT2D eigenvalue weighted by atomic mass is 10.2. The highest BCUT2D eigenvalue weighted by molar-refractivity contribution is 7.89. The SMILES string of the molecule is CCN(CC)S(=O)(=O)c1cccc(C(=O)Nn2c(C)nc3sccc3c2=O)c1. The van der Waals surface area contributed by atoms with Gasteiger partial charge in [-0.1, -0.05) is 19.9 Å². The number of fused-ring (bicyclic) bond motifs is 1. The van der Waals surface area contributed by atoms with E-state index in [-0.39, 0.29) is 16.0 Å². The topological polar surface area (TPSA) is 101 Å². The van der Waals surface area contributed by atoms with Crippen molar-refractivity contribution in [2.24, 2.45) is 0 Å². The van der Waals surface area contributed by atoms with Gasteiger partial charge in [-0.05, 0) is 36.6 Å². The summed E-state index contributed by atoms with van der Waals surface area (Å²) in [6, 6.07) is 7.39. The Balaban J connectivity index is 1.96. The fourth-order valence-electron chi connectivity index (χ4n) is 2.82. The molecule has 1 amide bonds. The van der Waals surface area contributed by atoms with Gasteiger partial charge in [-0.2, -0.15) is 4.31 Å². The second kappa shape index (κ2) is 7.82. The predicted molar refractivity (Wildman–Crippen MR) is 109 cm³/mol. The molecule has 3 aromatic rings. The average molecular weight is 421 g/mol. The van der Waals surface area contributed by atoms with Gasteiger partial charge in [0.2, 0.25) is 10.0 Å². The first-order valence-corrected chi connectivity index (χ1v) is 11.0. The van der Waals surface area contributed by atoms with E-state index >= 15 is 0 Å². The number of nitrogens with zero attached hydrogens (tertiary/aromatic N) is 3. The molecule has 0 atom stereocenters. The van der Waals surface area contributed by atoms with Gasteiger partial charge in [-0.15, -0.1) is 11.3 Å². The number of sulfonamides is 1. The van der Waals surface area contributed by atoms with Gasteiger partial charge in [0.1, 0.15) is 10.7 Å². The minimum atomic E-state index is -3.69. The van der Waals surface area contributed by atoms with Crippen LogP contribution in [-0.4, -0.2) is 41.4 Å². The van der Waals surface area contributed by atoms with Crippen LogP contribution in [0.2, 0.25) is 0 Å². The van der Waals surface area contributed by atoms with E-state index in [0.29, 0.717) is 29.1 Å². The summed E-state index contributed by atoms with van der Waals surface area (Å²) in [5.41, 5.74) is 2.26. The second-order valence-electron chi connectivity index (χ2n) is 6.00. The molecular weight excluding hydrogens is 400 g/mol. The van der Waals surface area contributed by atoms with Crippen LogP contribution in [0.4, 0.5) is 0 Å². The highest BCUT2D eigenvalue weighted by atomic mass is 32.2. The molecule has 1 aromatic carbocycles. The second-order valence-corrected chi connectivity index (χ2v) is 8.83. The van der Waals surface area contributed by atoms with E-state index < -0.39 is 15.9 Å². The number of nitrogens with one attached hydrogen (secondary N) is 1. The molecule has 1 N–H and O–H groups in total. The average Bonchev–Trinajstić information content (AvgIpc) is 3.14. The number of hydrogen-bond acceptors (Lipinski definition) is 6. The van der Waals surface area contributed by atoms with Crippen molar-refractivity contribution in [2.75, 3.05) is 18.5 Å². The zero-order valence-corrected chi connectivity index (χ0v) is 17.3. The van der Waals surface area contributed by atoms with Gasteiger partial charge < -0.3 is 0 Å². The van der Waals surface area contributed by atoms with E-state index in [1.165, 1.54) is 39.9 Å². The fourth-order valence-corrected chi connectivity index (χ4v) is 5.13. The van der Waals surface area contributed by atoms with E-state index in [1.807, 2.05) is 0 Å². The van der Waals surface area contributed by atoms with Crippen LogP contribution in [0.15, 0.2) is 45.4 Å². The van der Waals surface area contributed by atoms with Gasteiger partial charge in [0.25, 0.3) is 11.5 Å². The highest BCUT2D eigenvalue weighted by Crippen LogP contribution is 2.18. The molecule has 0 fully saturated rings. The van der Waals surface area contributed by atoms with Crippen LogP contribution in [0.1, 0.15) is 30.0 Å². The van der Waals surface area contributed by atoms with Crippen LogP contribution in [0.5, 0.6) is 0 Å². The van der Waals surface area contributed by atoms with E-state index in [9.17, 15) is 18.0 Å². The van der Waals surface area contributed by atoms with Gasteiger partial charge >= 0.3 is 0 Å². The molecule has 0 saturated heterocycles. The lowest BCUT2D eigenvalue weighted by molar-refractivity contribution is 0.101. The molecule has 0 aliphatic rings. The molecular formula is C18H20N4O4S2. The van der Waals surface area contributed by atoms with Crippen molar-refractivity contribution in [2.45, 2.75) is 25.7 Å². The first kappa shape index (κ1) is 20.2. The van der Waals surface area contributed by atoms with Crippen molar-refractivity contribution in [1.29, 1.82) is 0 Å². The van der Waals surface area contributed by atoms with Crippen LogP contribution in [0, 0.1) is 6.92 Å². The summed E-state index contributed by atoms with van der Waals surface area (Å²) in [5.74, 6) is -0.265. The number of thiophene rings is 1. The van der Waals surface area contributed by atoms with Gasteiger partial charge in [0.15, 0.2) is 0 Å². The van der Waals surface area contributed by atoms with E-state index in [0.717, 1.165) is 4.68 Å². The van der Waals surface area contributed by atoms with Crippen LogP contribution >= 0.6 is 11.3 Å². The summed E-state index contributed by atoms with van der Waals surface area (Å²) in [5, 5.41) is 2.17. The van der Waals surface area contributed by atoms with E-state index in [4.69, 9.17) is 0 Å². The third kappa shape index (κ3) is 3.58. The van der Waals surface area contributed by atoms with Crippen LogP contribution in [0.25, 0.3) is 10.2 Å². The third-order valence-corrected chi connectivity index (χ3v) is 7.17. The lowest BCUT2D eigenvalue weighted by Crippen LogP contribution is -2.35. The quantitative estimate of drug-likeness (QED) is 0.659. The highest BCUT2D eigenvalue weighted by Gasteiger charge is 2.23. The molecule has 10 heteroatoms. The Labute approximate surface area is 166 Å². The van der Waals surface area contributed by atoms with Crippen LogP contribution < -0.4 is 11.0 Å². The molecule has 2 heterocycles. The van der Waals surface area contributed by atoms with Gasteiger partial charge in [0.05, 0.1) is 10.3 Å². The Morgan fingerprint density at radius 1 is 1.25 bits per heavy atom. The molecule has 0 bridgehead atoms. The zero-order chi connectivity index (χ0) is 20.5. The third-order valence-electron chi connectivity index (χ3n) is 4.32. The molecule has 0 aliphatic carbocycles. The summed E-state index contributed by atoms with van der Waals surface area (Å²) in [6.07, 6.45) is 0. The molecule has 0 aliphatic heterocycles. The largest absolute Gasteiger partial charge is 0.281 e. The van der Waals surface area contributed by atoms with Crippen molar-refractivity contribution in [3.05, 3.63) is 57.5 Å².